The summed E-state index contributed by atoms with van der Waals surface area (Å²) >= 11 is 12.3. The molecule has 2 aromatic heterocycles. The van der Waals surface area contributed by atoms with E-state index >= 15 is 0 Å². The quantitative estimate of drug-likeness (QED) is 0.867. The van der Waals surface area contributed by atoms with Crippen molar-refractivity contribution in [1.82, 2.24) is 4.98 Å². The Bertz CT molecular complexity index is 437. The van der Waals surface area contributed by atoms with Crippen molar-refractivity contribution in [2.45, 2.75) is 0 Å². The van der Waals surface area contributed by atoms with E-state index < -0.39 is 0 Å². The van der Waals surface area contributed by atoms with Crippen LogP contribution in [-0.4, -0.2) is 4.98 Å². The number of thiophene rings is 1. The zero-order chi connectivity index (χ0) is 9.42. The Morgan fingerprint density at radius 2 is 2.31 bits per heavy atom. The minimum atomic E-state index is 0.548. The Labute approximate surface area is 96.5 Å². The molecule has 2 heterocycles. The number of nitrogens with two attached hydrogens (primary N) is 1. The van der Waals surface area contributed by atoms with Crippen LogP contribution in [0.4, 0.5) is 5.13 Å². The summed E-state index contributed by atoms with van der Waals surface area (Å²) in [4.78, 5) is 5.15. The Kier molecular flexibility index (Phi) is 2.60. The molecule has 0 saturated carbocycles. The maximum absolute atomic E-state index is 5.97. The van der Waals surface area contributed by atoms with Gasteiger partial charge in [-0.15, -0.1) is 11.3 Å². The van der Waals surface area contributed by atoms with Crippen molar-refractivity contribution >= 4 is 55.3 Å². The molecule has 2 rings (SSSR count). The highest BCUT2D eigenvalue weighted by molar-refractivity contribution is 9.11. The normalized spacial score (nSPS) is 10.6. The van der Waals surface area contributed by atoms with Crippen LogP contribution in [-0.2, 0) is 0 Å². The highest BCUT2D eigenvalue weighted by Gasteiger charge is 2.13. The third-order valence-corrected chi connectivity index (χ3v) is 4.32. The van der Waals surface area contributed by atoms with Crippen molar-refractivity contribution in [1.29, 1.82) is 0 Å². The van der Waals surface area contributed by atoms with Crippen molar-refractivity contribution < 1.29 is 0 Å². The van der Waals surface area contributed by atoms with Crippen molar-refractivity contribution in [3.8, 4) is 10.6 Å². The first-order valence-electron chi connectivity index (χ1n) is 3.33. The van der Waals surface area contributed by atoms with Crippen LogP contribution in [0.3, 0.4) is 0 Å². The average Bonchev–Trinajstić information content (AvgIpc) is 2.58. The van der Waals surface area contributed by atoms with Gasteiger partial charge in [0.05, 0.1) is 9.90 Å². The van der Waals surface area contributed by atoms with Crippen molar-refractivity contribution in [2.24, 2.45) is 0 Å². The predicted octanol–water partition coefficient (Wildman–Crippen LogP) is 3.87. The Morgan fingerprint density at radius 3 is 2.77 bits per heavy atom. The fourth-order valence-corrected chi connectivity index (χ4v) is 3.61. The fourth-order valence-electron chi connectivity index (χ4n) is 0.920. The SMILES string of the molecule is Nc1nc(-c2sccc2Cl)c(Br)s1. The van der Waals surface area contributed by atoms with Gasteiger partial charge in [-0.1, -0.05) is 22.9 Å². The van der Waals surface area contributed by atoms with Crippen LogP contribution in [0.5, 0.6) is 0 Å². The van der Waals surface area contributed by atoms with E-state index in [4.69, 9.17) is 17.3 Å². The second-order valence-electron chi connectivity index (χ2n) is 2.27. The van der Waals surface area contributed by atoms with E-state index in [-0.39, 0.29) is 0 Å². The highest BCUT2D eigenvalue weighted by Crippen LogP contribution is 2.40. The number of aromatic nitrogens is 1. The molecule has 0 fully saturated rings. The number of hydrogen-bond donors (Lipinski definition) is 1. The van der Waals surface area contributed by atoms with Gasteiger partial charge in [-0.05, 0) is 27.4 Å². The van der Waals surface area contributed by atoms with Crippen molar-refractivity contribution in [3.05, 3.63) is 20.3 Å². The molecule has 0 unspecified atom stereocenters. The molecule has 0 radical (unpaired) electrons. The summed E-state index contributed by atoms with van der Waals surface area (Å²) < 4.78 is 0.925. The van der Waals surface area contributed by atoms with Crippen molar-refractivity contribution in [3.63, 3.8) is 0 Å². The molecular formula is C7H4BrClN2S2. The van der Waals surface area contributed by atoms with E-state index in [2.05, 4.69) is 20.9 Å². The Morgan fingerprint density at radius 1 is 1.54 bits per heavy atom. The molecule has 0 aliphatic carbocycles. The summed E-state index contributed by atoms with van der Waals surface area (Å²) in [7, 11) is 0. The fraction of sp³-hybridized carbons (Fsp3) is 0. The average molecular weight is 296 g/mol. The van der Waals surface area contributed by atoms with E-state index in [1.54, 1.807) is 11.3 Å². The van der Waals surface area contributed by atoms with E-state index in [9.17, 15) is 0 Å². The standard InChI is InChI=1S/C7H4BrClN2S2/c8-6-4(11-7(10)13-6)5-3(9)1-2-12-5/h1-2H,(H2,10,11). The smallest absolute Gasteiger partial charge is 0.181 e. The second-order valence-corrected chi connectivity index (χ2v) is 5.94. The number of nitrogen functional groups attached to an aromatic ring is 1. The van der Waals surface area contributed by atoms with Crippen LogP contribution in [0.1, 0.15) is 0 Å². The van der Waals surface area contributed by atoms with Gasteiger partial charge in [-0.2, -0.15) is 0 Å². The molecule has 0 aliphatic heterocycles. The number of rotatable bonds is 1. The first kappa shape index (κ1) is 9.45. The summed E-state index contributed by atoms with van der Waals surface area (Å²) in [6.07, 6.45) is 0. The zero-order valence-corrected chi connectivity index (χ0v) is 10.2. The monoisotopic (exact) mass is 294 g/mol. The molecule has 2 N–H and O–H groups in total. The third kappa shape index (κ3) is 1.74. The molecule has 68 valence electrons. The minimum Gasteiger partial charge on any atom is -0.375 e. The Hall–Kier alpha value is -0.100. The van der Waals surface area contributed by atoms with Crippen LogP contribution in [0.2, 0.25) is 5.02 Å². The maximum atomic E-state index is 5.97. The highest BCUT2D eigenvalue weighted by atomic mass is 79.9. The third-order valence-electron chi connectivity index (χ3n) is 1.43. The first-order valence-corrected chi connectivity index (χ1v) is 6.20. The zero-order valence-electron chi connectivity index (χ0n) is 6.25. The summed E-state index contributed by atoms with van der Waals surface area (Å²) in [5.41, 5.74) is 6.41. The minimum absolute atomic E-state index is 0.548. The van der Waals surface area contributed by atoms with Crippen LogP contribution < -0.4 is 5.73 Å². The Balaban J connectivity index is 2.58. The first-order chi connectivity index (χ1) is 6.18. The van der Waals surface area contributed by atoms with Crippen molar-refractivity contribution in [2.75, 3.05) is 5.73 Å². The van der Waals surface area contributed by atoms with E-state index in [0.717, 1.165) is 19.4 Å². The van der Waals surface area contributed by atoms with E-state index in [1.807, 2.05) is 11.4 Å². The molecule has 0 bridgehead atoms. The van der Waals surface area contributed by atoms with Gasteiger partial charge in [-0.3, -0.25) is 0 Å². The van der Waals surface area contributed by atoms with Gasteiger partial charge in [0.2, 0.25) is 0 Å². The maximum Gasteiger partial charge on any atom is 0.181 e. The molecule has 6 heteroatoms. The van der Waals surface area contributed by atoms with Gasteiger partial charge < -0.3 is 5.73 Å². The number of halogens is 2. The lowest BCUT2D eigenvalue weighted by molar-refractivity contribution is 1.42. The number of nitrogens with zero attached hydrogens (tertiary/aromatic N) is 1. The molecule has 0 aliphatic rings. The number of hydrogen-bond acceptors (Lipinski definition) is 4. The molecule has 2 nitrogen and oxygen atoms in total. The molecule has 0 atom stereocenters. The van der Waals surface area contributed by atoms with Crippen LogP contribution in [0.25, 0.3) is 10.6 Å². The molecule has 0 aromatic carbocycles. The van der Waals surface area contributed by atoms with E-state index in [1.165, 1.54) is 11.3 Å². The molecule has 13 heavy (non-hydrogen) atoms. The largest absolute Gasteiger partial charge is 0.375 e. The lowest BCUT2D eigenvalue weighted by atomic mass is 10.4. The lowest BCUT2D eigenvalue weighted by Crippen LogP contribution is -1.81. The summed E-state index contributed by atoms with van der Waals surface area (Å²) in [6, 6.07) is 1.85. The number of thiazole rings is 1. The predicted molar refractivity (Wildman–Crippen MR) is 62.5 cm³/mol. The van der Waals surface area contributed by atoms with Crippen LogP contribution in [0, 0.1) is 0 Å². The molecular weight excluding hydrogens is 292 g/mol. The van der Waals surface area contributed by atoms with Gasteiger partial charge >= 0.3 is 0 Å². The molecule has 0 spiro atoms. The molecule has 0 amide bonds. The van der Waals surface area contributed by atoms with Gasteiger partial charge in [0.15, 0.2) is 5.13 Å². The lowest BCUT2D eigenvalue weighted by Gasteiger charge is -1.92. The topological polar surface area (TPSA) is 38.9 Å². The van der Waals surface area contributed by atoms with E-state index in [0.29, 0.717) is 5.13 Å². The van der Waals surface area contributed by atoms with Gasteiger partial charge in [0.1, 0.15) is 9.48 Å². The molecule has 0 saturated heterocycles. The molecule has 2 aromatic rings. The second kappa shape index (κ2) is 3.57. The van der Waals surface area contributed by atoms with Gasteiger partial charge in [0.25, 0.3) is 0 Å². The van der Waals surface area contributed by atoms with Gasteiger partial charge in [0, 0.05) is 0 Å². The van der Waals surface area contributed by atoms with Gasteiger partial charge in [-0.25, -0.2) is 4.98 Å². The summed E-state index contributed by atoms with van der Waals surface area (Å²) in [6.45, 7) is 0. The van der Waals surface area contributed by atoms with Crippen LogP contribution in [0.15, 0.2) is 15.2 Å². The number of anilines is 1. The van der Waals surface area contributed by atoms with Crippen LogP contribution >= 0.6 is 50.2 Å². The summed E-state index contributed by atoms with van der Waals surface area (Å²) in [5, 5.41) is 3.20. The summed E-state index contributed by atoms with van der Waals surface area (Å²) in [5.74, 6) is 0.